The summed E-state index contributed by atoms with van der Waals surface area (Å²) in [6.45, 7) is 8.29. The Morgan fingerprint density at radius 2 is 1.92 bits per heavy atom. The average Bonchev–Trinajstić information content (AvgIpc) is 2.03. The zero-order valence-electron chi connectivity index (χ0n) is 8.74. The third-order valence-corrected chi connectivity index (χ3v) is 1.71. The fourth-order valence-electron chi connectivity index (χ4n) is 1.19. The van der Waals surface area contributed by atoms with Gasteiger partial charge < -0.3 is 4.74 Å². The van der Waals surface area contributed by atoms with Crippen LogP contribution in [-0.2, 0) is 0 Å². The van der Waals surface area contributed by atoms with Gasteiger partial charge in [-0.1, -0.05) is 13.8 Å². The molecule has 0 N–H and O–H groups in total. The Hall–Kier alpha value is -1.05. The van der Waals surface area contributed by atoms with E-state index in [-0.39, 0.29) is 6.10 Å². The molecule has 0 spiro atoms. The van der Waals surface area contributed by atoms with Crippen LogP contribution in [0.5, 0.6) is 5.75 Å². The first-order valence-electron chi connectivity index (χ1n) is 4.73. The molecule has 0 aliphatic rings. The molecule has 72 valence electrons. The molecule has 2 nitrogen and oxygen atoms in total. The molecule has 0 saturated carbocycles. The molecule has 0 aromatic carbocycles. The van der Waals surface area contributed by atoms with Crippen molar-refractivity contribution in [3.8, 4) is 5.75 Å². The zero-order valence-corrected chi connectivity index (χ0v) is 8.74. The topological polar surface area (TPSA) is 22.1 Å². The van der Waals surface area contributed by atoms with E-state index in [1.165, 1.54) is 0 Å². The largest absolute Gasteiger partial charge is 0.489 e. The van der Waals surface area contributed by atoms with Gasteiger partial charge in [0, 0.05) is 6.20 Å². The van der Waals surface area contributed by atoms with Crippen LogP contribution in [-0.4, -0.2) is 11.1 Å². The third-order valence-electron chi connectivity index (χ3n) is 1.71. The lowest BCUT2D eigenvalue weighted by Crippen LogP contribution is -2.08. The van der Waals surface area contributed by atoms with E-state index in [0.717, 1.165) is 11.4 Å². The minimum absolute atomic E-state index is 0.210. The zero-order chi connectivity index (χ0) is 9.84. The first kappa shape index (κ1) is 10.0. The number of ether oxygens (including phenoxy) is 1. The Bertz CT molecular complexity index is 269. The maximum atomic E-state index is 5.64. The van der Waals surface area contributed by atoms with E-state index in [1.807, 2.05) is 32.2 Å². The highest BCUT2D eigenvalue weighted by Crippen LogP contribution is 2.24. The molecule has 1 heterocycles. The molecule has 1 aromatic rings. The number of rotatable bonds is 3. The lowest BCUT2D eigenvalue weighted by molar-refractivity contribution is 0.238. The number of hydrogen-bond acceptors (Lipinski definition) is 2. The van der Waals surface area contributed by atoms with Crippen molar-refractivity contribution in [3.63, 3.8) is 0 Å². The van der Waals surface area contributed by atoms with Gasteiger partial charge in [0.05, 0.1) is 11.8 Å². The molecule has 0 saturated heterocycles. The second kappa shape index (κ2) is 4.26. The lowest BCUT2D eigenvalue weighted by Gasteiger charge is -2.14. The van der Waals surface area contributed by atoms with Crippen molar-refractivity contribution in [2.75, 3.05) is 0 Å². The maximum absolute atomic E-state index is 5.64. The number of hydrogen-bond donors (Lipinski definition) is 0. The van der Waals surface area contributed by atoms with Crippen molar-refractivity contribution in [2.45, 2.75) is 39.7 Å². The molecule has 0 radical (unpaired) electrons. The summed E-state index contributed by atoms with van der Waals surface area (Å²) in [4.78, 5) is 4.31. The van der Waals surface area contributed by atoms with Gasteiger partial charge in [0.1, 0.15) is 5.75 Å². The predicted molar refractivity (Wildman–Crippen MR) is 54.1 cm³/mol. The maximum Gasteiger partial charge on any atom is 0.141 e. The second-order valence-corrected chi connectivity index (χ2v) is 3.71. The fraction of sp³-hybridized carbons (Fsp3) is 0.545. The lowest BCUT2D eigenvalue weighted by atomic mass is 10.1. The average molecular weight is 179 g/mol. The van der Waals surface area contributed by atoms with Gasteiger partial charge in [-0.15, -0.1) is 0 Å². The summed E-state index contributed by atoms with van der Waals surface area (Å²) in [6, 6.07) is 3.88. The van der Waals surface area contributed by atoms with E-state index >= 15 is 0 Å². The van der Waals surface area contributed by atoms with Crippen LogP contribution in [0.15, 0.2) is 18.3 Å². The van der Waals surface area contributed by atoms with E-state index in [2.05, 4.69) is 18.8 Å². The van der Waals surface area contributed by atoms with Gasteiger partial charge in [-0.3, -0.25) is 4.98 Å². The minimum Gasteiger partial charge on any atom is -0.489 e. The summed E-state index contributed by atoms with van der Waals surface area (Å²) in [5, 5.41) is 0. The van der Waals surface area contributed by atoms with Crippen LogP contribution in [0, 0.1) is 0 Å². The highest BCUT2D eigenvalue weighted by molar-refractivity contribution is 5.29. The summed E-state index contributed by atoms with van der Waals surface area (Å²) in [5.41, 5.74) is 1.04. The Labute approximate surface area is 80.0 Å². The Morgan fingerprint density at radius 3 is 2.46 bits per heavy atom. The van der Waals surface area contributed by atoms with E-state index in [0.29, 0.717) is 5.92 Å². The van der Waals surface area contributed by atoms with E-state index in [9.17, 15) is 0 Å². The van der Waals surface area contributed by atoms with Gasteiger partial charge in [0.25, 0.3) is 0 Å². The highest BCUT2D eigenvalue weighted by Gasteiger charge is 2.09. The molecule has 0 bridgehead atoms. The molecule has 0 amide bonds. The van der Waals surface area contributed by atoms with Crippen molar-refractivity contribution in [1.82, 2.24) is 4.98 Å². The van der Waals surface area contributed by atoms with Crippen LogP contribution in [0.25, 0.3) is 0 Å². The summed E-state index contributed by atoms with van der Waals surface area (Å²) < 4.78 is 5.64. The molecular formula is C11H17NO. The van der Waals surface area contributed by atoms with E-state index in [4.69, 9.17) is 4.74 Å². The van der Waals surface area contributed by atoms with Crippen molar-refractivity contribution < 1.29 is 4.74 Å². The predicted octanol–water partition coefficient (Wildman–Crippen LogP) is 2.99. The van der Waals surface area contributed by atoms with Crippen molar-refractivity contribution in [2.24, 2.45) is 0 Å². The summed E-state index contributed by atoms with van der Waals surface area (Å²) in [5.74, 6) is 1.32. The Morgan fingerprint density at radius 1 is 1.23 bits per heavy atom. The molecule has 1 rings (SSSR count). The van der Waals surface area contributed by atoms with Crippen LogP contribution in [0.1, 0.15) is 39.3 Å². The minimum atomic E-state index is 0.210. The molecule has 0 atom stereocenters. The monoisotopic (exact) mass is 179 g/mol. The van der Waals surface area contributed by atoms with Gasteiger partial charge in [-0.25, -0.2) is 0 Å². The fourth-order valence-corrected chi connectivity index (χ4v) is 1.19. The van der Waals surface area contributed by atoms with Crippen LogP contribution in [0.3, 0.4) is 0 Å². The molecule has 0 aliphatic carbocycles. The van der Waals surface area contributed by atoms with Gasteiger partial charge in [-0.2, -0.15) is 0 Å². The smallest absolute Gasteiger partial charge is 0.141 e. The number of aromatic nitrogens is 1. The SMILES string of the molecule is CC(C)Oc1cccnc1C(C)C. The van der Waals surface area contributed by atoms with E-state index in [1.54, 1.807) is 0 Å². The molecule has 0 aliphatic heterocycles. The number of nitrogens with zero attached hydrogens (tertiary/aromatic N) is 1. The highest BCUT2D eigenvalue weighted by atomic mass is 16.5. The number of pyridine rings is 1. The Balaban J connectivity index is 2.91. The molecule has 0 unspecified atom stereocenters. The molecular weight excluding hydrogens is 162 g/mol. The molecule has 13 heavy (non-hydrogen) atoms. The van der Waals surface area contributed by atoms with Gasteiger partial charge in [0.2, 0.25) is 0 Å². The normalized spacial score (nSPS) is 10.9. The van der Waals surface area contributed by atoms with Crippen molar-refractivity contribution in [1.29, 1.82) is 0 Å². The quantitative estimate of drug-likeness (QED) is 0.711. The first-order valence-corrected chi connectivity index (χ1v) is 4.73. The summed E-state index contributed by atoms with van der Waals surface area (Å²) >= 11 is 0. The van der Waals surface area contributed by atoms with Crippen LogP contribution in [0.2, 0.25) is 0 Å². The van der Waals surface area contributed by atoms with Gasteiger partial charge >= 0.3 is 0 Å². The molecule has 0 fully saturated rings. The van der Waals surface area contributed by atoms with Crippen molar-refractivity contribution in [3.05, 3.63) is 24.0 Å². The van der Waals surface area contributed by atoms with E-state index < -0.39 is 0 Å². The van der Waals surface area contributed by atoms with Gasteiger partial charge in [-0.05, 0) is 31.9 Å². The van der Waals surface area contributed by atoms with Crippen LogP contribution in [0.4, 0.5) is 0 Å². The Kier molecular flexibility index (Phi) is 3.29. The summed E-state index contributed by atoms with van der Waals surface area (Å²) in [7, 11) is 0. The molecule has 2 heteroatoms. The second-order valence-electron chi connectivity index (χ2n) is 3.71. The molecule has 1 aromatic heterocycles. The van der Waals surface area contributed by atoms with Gasteiger partial charge in [0.15, 0.2) is 0 Å². The summed E-state index contributed by atoms with van der Waals surface area (Å²) in [6.07, 6.45) is 2.02. The third kappa shape index (κ3) is 2.72. The first-order chi connectivity index (χ1) is 6.11. The van der Waals surface area contributed by atoms with Crippen molar-refractivity contribution >= 4 is 0 Å². The van der Waals surface area contributed by atoms with Crippen LogP contribution < -0.4 is 4.74 Å². The standard InChI is InChI=1S/C11H17NO/c1-8(2)11-10(13-9(3)4)6-5-7-12-11/h5-9H,1-4H3. The van der Waals surface area contributed by atoms with Crippen LogP contribution >= 0.6 is 0 Å².